The molecule has 5 nitrogen and oxygen atoms in total. The number of anilines is 2. The van der Waals surface area contributed by atoms with Crippen LogP contribution in [0.2, 0.25) is 0 Å². The molecule has 2 amide bonds. The van der Waals surface area contributed by atoms with Crippen molar-refractivity contribution >= 4 is 23.2 Å². The van der Waals surface area contributed by atoms with Gasteiger partial charge in [0.25, 0.3) is 0 Å². The normalized spacial score (nSPS) is 14.3. The second kappa shape index (κ2) is 7.83. The standard InChI is InChI=1S/C20H23N3O2/c1-16(24)21-18-7-9-19(10-8-18)22-11-13-23(14-12-22)20(25)15-17-5-3-2-4-6-17/h2-10H,11-15H2,1H3,(H,21,24). The summed E-state index contributed by atoms with van der Waals surface area (Å²) in [5.74, 6) is 0.116. The lowest BCUT2D eigenvalue weighted by Crippen LogP contribution is -2.49. The average molecular weight is 337 g/mol. The van der Waals surface area contributed by atoms with Gasteiger partial charge >= 0.3 is 0 Å². The Hall–Kier alpha value is -2.82. The van der Waals surface area contributed by atoms with E-state index in [-0.39, 0.29) is 11.8 Å². The number of hydrogen-bond donors (Lipinski definition) is 1. The summed E-state index contributed by atoms with van der Waals surface area (Å²) in [6.07, 6.45) is 0.465. The molecule has 5 heteroatoms. The van der Waals surface area contributed by atoms with Crippen molar-refractivity contribution in [3.05, 3.63) is 60.2 Å². The Labute approximate surface area is 148 Å². The van der Waals surface area contributed by atoms with Crippen LogP contribution >= 0.6 is 0 Å². The maximum atomic E-state index is 12.4. The zero-order valence-electron chi connectivity index (χ0n) is 14.4. The fourth-order valence-electron chi connectivity index (χ4n) is 3.06. The second-order valence-electron chi connectivity index (χ2n) is 6.26. The van der Waals surface area contributed by atoms with Crippen molar-refractivity contribution in [2.45, 2.75) is 13.3 Å². The predicted octanol–water partition coefficient (Wildman–Crippen LogP) is 2.54. The molecule has 0 radical (unpaired) electrons. The van der Waals surface area contributed by atoms with Gasteiger partial charge in [-0.25, -0.2) is 0 Å². The van der Waals surface area contributed by atoms with E-state index in [2.05, 4.69) is 10.2 Å². The summed E-state index contributed by atoms with van der Waals surface area (Å²) in [6.45, 7) is 4.61. The third-order valence-corrected chi connectivity index (χ3v) is 4.38. The number of nitrogens with one attached hydrogen (secondary N) is 1. The van der Waals surface area contributed by atoms with Crippen LogP contribution in [0.4, 0.5) is 11.4 Å². The predicted molar refractivity (Wildman–Crippen MR) is 99.7 cm³/mol. The third kappa shape index (κ3) is 4.59. The van der Waals surface area contributed by atoms with E-state index in [0.717, 1.165) is 43.1 Å². The SMILES string of the molecule is CC(=O)Nc1ccc(N2CCN(C(=O)Cc3ccccc3)CC2)cc1. The molecular formula is C20H23N3O2. The van der Waals surface area contributed by atoms with Crippen LogP contribution in [-0.4, -0.2) is 42.9 Å². The maximum absolute atomic E-state index is 12.4. The molecule has 1 fully saturated rings. The second-order valence-corrected chi connectivity index (χ2v) is 6.26. The molecule has 2 aromatic rings. The van der Waals surface area contributed by atoms with E-state index >= 15 is 0 Å². The van der Waals surface area contributed by atoms with Gasteiger partial charge in [-0.15, -0.1) is 0 Å². The van der Waals surface area contributed by atoms with Crippen molar-refractivity contribution in [2.24, 2.45) is 0 Å². The van der Waals surface area contributed by atoms with Gasteiger partial charge in [0, 0.05) is 44.5 Å². The molecule has 0 spiro atoms. The molecule has 3 rings (SSSR count). The van der Waals surface area contributed by atoms with Crippen LogP contribution in [0.5, 0.6) is 0 Å². The van der Waals surface area contributed by atoms with Crippen molar-refractivity contribution in [3.8, 4) is 0 Å². The fourth-order valence-corrected chi connectivity index (χ4v) is 3.06. The van der Waals surface area contributed by atoms with Crippen molar-refractivity contribution in [2.75, 3.05) is 36.4 Å². The average Bonchev–Trinajstić information content (AvgIpc) is 2.63. The van der Waals surface area contributed by atoms with Gasteiger partial charge < -0.3 is 15.1 Å². The van der Waals surface area contributed by atoms with Gasteiger partial charge in [-0.2, -0.15) is 0 Å². The topological polar surface area (TPSA) is 52.7 Å². The molecule has 0 bridgehead atoms. The zero-order valence-corrected chi connectivity index (χ0v) is 14.4. The van der Waals surface area contributed by atoms with Crippen LogP contribution in [0.3, 0.4) is 0 Å². The molecule has 0 aliphatic carbocycles. The Kier molecular flexibility index (Phi) is 5.33. The van der Waals surface area contributed by atoms with Gasteiger partial charge in [0.2, 0.25) is 11.8 Å². The monoisotopic (exact) mass is 337 g/mol. The number of carbonyl (C=O) groups excluding carboxylic acids is 2. The molecule has 0 aromatic heterocycles. The molecule has 0 atom stereocenters. The minimum Gasteiger partial charge on any atom is -0.368 e. The molecule has 0 saturated carbocycles. The molecule has 1 aliphatic heterocycles. The Balaban J connectivity index is 1.53. The van der Waals surface area contributed by atoms with Crippen molar-refractivity contribution in [1.82, 2.24) is 4.90 Å². The largest absolute Gasteiger partial charge is 0.368 e. The minimum absolute atomic E-state index is 0.0710. The zero-order chi connectivity index (χ0) is 17.6. The Morgan fingerprint density at radius 3 is 2.16 bits per heavy atom. The highest BCUT2D eigenvalue weighted by molar-refractivity contribution is 5.88. The summed E-state index contributed by atoms with van der Waals surface area (Å²) in [7, 11) is 0. The number of amides is 2. The first kappa shape index (κ1) is 17.0. The molecule has 0 unspecified atom stereocenters. The van der Waals surface area contributed by atoms with Crippen LogP contribution in [-0.2, 0) is 16.0 Å². The third-order valence-electron chi connectivity index (χ3n) is 4.38. The molecule has 2 aromatic carbocycles. The van der Waals surface area contributed by atoms with Gasteiger partial charge in [-0.3, -0.25) is 9.59 Å². The first-order chi connectivity index (χ1) is 12.1. The van der Waals surface area contributed by atoms with Crippen LogP contribution < -0.4 is 10.2 Å². The lowest BCUT2D eigenvalue weighted by molar-refractivity contribution is -0.130. The number of carbonyl (C=O) groups is 2. The molecule has 1 saturated heterocycles. The van der Waals surface area contributed by atoms with Gasteiger partial charge in [-0.05, 0) is 29.8 Å². The fraction of sp³-hybridized carbons (Fsp3) is 0.300. The quantitative estimate of drug-likeness (QED) is 0.933. The van der Waals surface area contributed by atoms with E-state index in [9.17, 15) is 9.59 Å². The summed E-state index contributed by atoms with van der Waals surface area (Å²) in [5, 5.41) is 2.77. The van der Waals surface area contributed by atoms with Crippen LogP contribution in [0.15, 0.2) is 54.6 Å². The molecule has 1 aliphatic rings. The van der Waals surface area contributed by atoms with Crippen molar-refractivity contribution in [3.63, 3.8) is 0 Å². The summed E-state index contributed by atoms with van der Waals surface area (Å²) in [6, 6.07) is 17.7. The molecule has 1 heterocycles. The highest BCUT2D eigenvalue weighted by Crippen LogP contribution is 2.20. The Morgan fingerprint density at radius 2 is 1.56 bits per heavy atom. The molecule has 25 heavy (non-hydrogen) atoms. The number of benzene rings is 2. The van der Waals surface area contributed by atoms with Gasteiger partial charge in [0.15, 0.2) is 0 Å². The van der Waals surface area contributed by atoms with Crippen LogP contribution in [0, 0.1) is 0 Å². The number of rotatable bonds is 4. The number of nitrogens with zero attached hydrogens (tertiary/aromatic N) is 2. The number of piperazine rings is 1. The summed E-state index contributed by atoms with van der Waals surface area (Å²) < 4.78 is 0. The summed E-state index contributed by atoms with van der Waals surface area (Å²) in [5.41, 5.74) is 2.97. The maximum Gasteiger partial charge on any atom is 0.227 e. The van der Waals surface area contributed by atoms with Crippen molar-refractivity contribution < 1.29 is 9.59 Å². The summed E-state index contributed by atoms with van der Waals surface area (Å²) in [4.78, 5) is 27.7. The molecule has 130 valence electrons. The molecular weight excluding hydrogens is 314 g/mol. The van der Waals surface area contributed by atoms with Crippen LogP contribution in [0.1, 0.15) is 12.5 Å². The van der Waals surface area contributed by atoms with E-state index in [4.69, 9.17) is 0 Å². The van der Waals surface area contributed by atoms with Crippen molar-refractivity contribution in [1.29, 1.82) is 0 Å². The highest BCUT2D eigenvalue weighted by Gasteiger charge is 2.21. The van der Waals surface area contributed by atoms with E-state index in [1.54, 1.807) is 0 Å². The number of hydrogen-bond acceptors (Lipinski definition) is 3. The Bertz CT molecular complexity index is 720. The van der Waals surface area contributed by atoms with Crippen LogP contribution in [0.25, 0.3) is 0 Å². The minimum atomic E-state index is -0.0710. The van der Waals surface area contributed by atoms with E-state index < -0.39 is 0 Å². The van der Waals surface area contributed by atoms with E-state index in [0.29, 0.717) is 6.42 Å². The van der Waals surface area contributed by atoms with Gasteiger partial charge in [-0.1, -0.05) is 30.3 Å². The smallest absolute Gasteiger partial charge is 0.227 e. The summed E-state index contributed by atoms with van der Waals surface area (Å²) >= 11 is 0. The van der Waals surface area contributed by atoms with E-state index in [1.165, 1.54) is 6.92 Å². The highest BCUT2D eigenvalue weighted by atomic mass is 16.2. The first-order valence-electron chi connectivity index (χ1n) is 8.56. The molecule has 1 N–H and O–H groups in total. The lowest BCUT2D eigenvalue weighted by Gasteiger charge is -2.36. The Morgan fingerprint density at radius 1 is 0.920 bits per heavy atom. The lowest BCUT2D eigenvalue weighted by atomic mass is 10.1. The van der Waals surface area contributed by atoms with Gasteiger partial charge in [0.05, 0.1) is 6.42 Å². The first-order valence-corrected chi connectivity index (χ1v) is 8.56. The van der Waals surface area contributed by atoms with Gasteiger partial charge in [0.1, 0.15) is 0 Å². The van der Waals surface area contributed by atoms with E-state index in [1.807, 2.05) is 59.5 Å².